The molecule has 1 aromatic rings. The molecule has 0 bridgehead atoms. The van der Waals surface area contributed by atoms with E-state index >= 15 is 0 Å². The van der Waals surface area contributed by atoms with Gasteiger partial charge in [0.1, 0.15) is 5.82 Å². The van der Waals surface area contributed by atoms with Gasteiger partial charge in [-0.1, -0.05) is 12.8 Å². The average molecular weight is 218 g/mol. The first kappa shape index (κ1) is 10.1. The van der Waals surface area contributed by atoms with Gasteiger partial charge in [-0.3, -0.25) is 4.79 Å². The number of ketones is 1. The molecule has 1 aromatic heterocycles. The molecule has 0 amide bonds. The van der Waals surface area contributed by atoms with Crippen LogP contribution in [0.5, 0.6) is 0 Å². The van der Waals surface area contributed by atoms with Gasteiger partial charge in [0.25, 0.3) is 0 Å². The van der Waals surface area contributed by atoms with E-state index in [9.17, 15) is 4.79 Å². The van der Waals surface area contributed by atoms with Gasteiger partial charge >= 0.3 is 0 Å². The summed E-state index contributed by atoms with van der Waals surface area (Å²) in [6.07, 6.45) is 6.76. The molecule has 86 valence electrons. The molecule has 2 aliphatic rings. The van der Waals surface area contributed by atoms with Gasteiger partial charge in [-0.15, -0.1) is 0 Å². The molecule has 0 radical (unpaired) electrons. The predicted molar refractivity (Wildman–Crippen MR) is 61.5 cm³/mol. The number of aromatic nitrogens is 2. The number of hydrogen-bond donors (Lipinski definition) is 0. The van der Waals surface area contributed by atoms with Gasteiger partial charge in [0, 0.05) is 24.5 Å². The summed E-state index contributed by atoms with van der Waals surface area (Å²) in [6.45, 7) is 2.68. The van der Waals surface area contributed by atoms with Crippen LogP contribution in [0.4, 0.5) is 0 Å². The zero-order chi connectivity index (χ0) is 11.1. The van der Waals surface area contributed by atoms with Crippen molar-refractivity contribution >= 4 is 5.78 Å². The minimum atomic E-state index is 0.353. The summed E-state index contributed by atoms with van der Waals surface area (Å²) in [7, 11) is 0. The lowest BCUT2D eigenvalue weighted by Crippen LogP contribution is -2.20. The summed E-state index contributed by atoms with van der Waals surface area (Å²) in [5.41, 5.74) is 2.53. The molecule has 0 unspecified atom stereocenters. The Kier molecular flexibility index (Phi) is 2.34. The molecule has 1 aliphatic heterocycles. The Bertz CT molecular complexity index is 427. The zero-order valence-corrected chi connectivity index (χ0v) is 9.83. The first-order valence-electron chi connectivity index (χ1n) is 6.33. The first-order chi connectivity index (χ1) is 7.75. The van der Waals surface area contributed by atoms with Crippen molar-refractivity contribution in [2.45, 2.75) is 57.9 Å². The number of Topliss-reactive ketones (excluding diaryl/α,β-unsaturated/α-hetero) is 1. The highest BCUT2D eigenvalue weighted by Gasteiger charge is 2.26. The number of fused-ring (bicyclic) bond motifs is 1. The van der Waals surface area contributed by atoms with Crippen LogP contribution in [0, 0.1) is 6.92 Å². The fraction of sp³-hybridized carbons (Fsp3) is 0.692. The maximum absolute atomic E-state index is 11.5. The van der Waals surface area contributed by atoms with Crippen LogP contribution in [-0.2, 0) is 17.8 Å². The van der Waals surface area contributed by atoms with Crippen molar-refractivity contribution in [1.82, 2.24) is 9.55 Å². The molecule has 3 nitrogen and oxygen atoms in total. The van der Waals surface area contributed by atoms with E-state index in [2.05, 4.69) is 11.5 Å². The van der Waals surface area contributed by atoms with Gasteiger partial charge in [-0.25, -0.2) is 4.98 Å². The molecule has 1 fully saturated rings. The number of carbonyl (C=O) groups excluding carboxylic acids is 1. The van der Waals surface area contributed by atoms with Crippen LogP contribution in [0.3, 0.4) is 0 Å². The van der Waals surface area contributed by atoms with E-state index in [0.717, 1.165) is 12.2 Å². The van der Waals surface area contributed by atoms with Gasteiger partial charge in [0.15, 0.2) is 5.78 Å². The van der Waals surface area contributed by atoms with Gasteiger partial charge < -0.3 is 4.57 Å². The number of aryl methyl sites for hydroxylation is 1. The molecule has 0 atom stereocenters. The standard InChI is InChI=1S/C13H18N2O/c1-9-13(10-4-2-3-5-10)14-12-7-6-11(16)8-15(9)12/h10H,2-8H2,1H3. The second-order valence-corrected chi connectivity index (χ2v) is 5.10. The maximum atomic E-state index is 11.5. The highest BCUT2D eigenvalue weighted by atomic mass is 16.1. The minimum Gasteiger partial charge on any atom is -0.325 e. The monoisotopic (exact) mass is 218 g/mol. The molecule has 0 spiro atoms. The van der Waals surface area contributed by atoms with Gasteiger partial charge in [0.2, 0.25) is 0 Å². The number of hydrogen-bond acceptors (Lipinski definition) is 2. The van der Waals surface area contributed by atoms with Crippen molar-refractivity contribution in [3.8, 4) is 0 Å². The van der Waals surface area contributed by atoms with Crippen molar-refractivity contribution in [2.24, 2.45) is 0 Å². The Hall–Kier alpha value is -1.12. The Balaban J connectivity index is 1.98. The molecule has 16 heavy (non-hydrogen) atoms. The third-order valence-corrected chi connectivity index (χ3v) is 4.04. The van der Waals surface area contributed by atoms with Crippen molar-refractivity contribution in [2.75, 3.05) is 0 Å². The summed E-state index contributed by atoms with van der Waals surface area (Å²) in [4.78, 5) is 16.2. The Morgan fingerprint density at radius 2 is 2.00 bits per heavy atom. The lowest BCUT2D eigenvalue weighted by atomic mass is 10.0. The second-order valence-electron chi connectivity index (χ2n) is 5.10. The third-order valence-electron chi connectivity index (χ3n) is 4.04. The minimum absolute atomic E-state index is 0.353. The molecule has 0 saturated heterocycles. The average Bonchev–Trinajstić information content (AvgIpc) is 2.87. The van der Waals surface area contributed by atoms with Crippen molar-refractivity contribution in [1.29, 1.82) is 0 Å². The normalized spacial score (nSPS) is 21.4. The van der Waals surface area contributed by atoms with E-state index in [1.165, 1.54) is 37.1 Å². The summed E-state index contributed by atoms with van der Waals surface area (Å²) < 4.78 is 2.14. The van der Waals surface area contributed by atoms with Crippen LogP contribution >= 0.6 is 0 Å². The Morgan fingerprint density at radius 3 is 2.75 bits per heavy atom. The number of rotatable bonds is 1. The second kappa shape index (κ2) is 3.72. The highest BCUT2D eigenvalue weighted by molar-refractivity contribution is 5.79. The summed E-state index contributed by atoms with van der Waals surface area (Å²) in [6, 6.07) is 0. The van der Waals surface area contributed by atoms with Crippen LogP contribution < -0.4 is 0 Å². The van der Waals surface area contributed by atoms with Crippen LogP contribution in [0.2, 0.25) is 0 Å². The molecule has 0 N–H and O–H groups in total. The summed E-state index contributed by atoms with van der Waals surface area (Å²) in [5.74, 6) is 2.15. The Morgan fingerprint density at radius 1 is 1.25 bits per heavy atom. The van der Waals surface area contributed by atoms with E-state index < -0.39 is 0 Å². The molecular formula is C13H18N2O. The van der Waals surface area contributed by atoms with Crippen LogP contribution in [0.25, 0.3) is 0 Å². The predicted octanol–water partition coefficient (Wildman–Crippen LogP) is 2.36. The van der Waals surface area contributed by atoms with Gasteiger partial charge in [-0.2, -0.15) is 0 Å². The molecule has 1 aliphatic carbocycles. The lowest BCUT2D eigenvalue weighted by Gasteiger charge is -2.14. The molecular weight excluding hydrogens is 200 g/mol. The SMILES string of the molecule is Cc1c(C2CCCC2)nc2n1CC(=O)CC2. The van der Waals surface area contributed by atoms with Crippen molar-refractivity contribution in [3.63, 3.8) is 0 Å². The van der Waals surface area contributed by atoms with Crippen molar-refractivity contribution < 1.29 is 4.79 Å². The van der Waals surface area contributed by atoms with E-state index in [1.807, 2.05) is 0 Å². The Labute approximate surface area is 95.9 Å². The van der Waals surface area contributed by atoms with Crippen LogP contribution in [0.1, 0.15) is 55.2 Å². The van der Waals surface area contributed by atoms with Gasteiger partial charge in [0.05, 0.1) is 12.2 Å². The molecule has 0 aromatic carbocycles. The number of nitrogens with zero attached hydrogens (tertiary/aromatic N) is 2. The first-order valence-corrected chi connectivity index (χ1v) is 6.33. The lowest BCUT2D eigenvalue weighted by molar-refractivity contribution is -0.120. The number of imidazole rings is 1. The number of carbonyl (C=O) groups is 1. The molecule has 3 heteroatoms. The smallest absolute Gasteiger partial charge is 0.153 e. The highest BCUT2D eigenvalue weighted by Crippen LogP contribution is 2.35. The topological polar surface area (TPSA) is 34.9 Å². The van der Waals surface area contributed by atoms with E-state index in [0.29, 0.717) is 24.7 Å². The quantitative estimate of drug-likeness (QED) is 0.725. The van der Waals surface area contributed by atoms with Crippen LogP contribution in [-0.4, -0.2) is 15.3 Å². The van der Waals surface area contributed by atoms with E-state index in [4.69, 9.17) is 4.98 Å². The van der Waals surface area contributed by atoms with Crippen molar-refractivity contribution in [3.05, 3.63) is 17.2 Å². The fourth-order valence-corrected chi connectivity index (χ4v) is 3.11. The molecule has 1 saturated carbocycles. The third kappa shape index (κ3) is 1.49. The fourth-order valence-electron chi connectivity index (χ4n) is 3.11. The molecule has 2 heterocycles. The van der Waals surface area contributed by atoms with Gasteiger partial charge in [-0.05, 0) is 19.8 Å². The van der Waals surface area contributed by atoms with E-state index in [-0.39, 0.29) is 0 Å². The zero-order valence-electron chi connectivity index (χ0n) is 9.83. The summed E-state index contributed by atoms with van der Waals surface area (Å²) >= 11 is 0. The molecule has 3 rings (SSSR count). The summed E-state index contributed by atoms with van der Waals surface area (Å²) in [5, 5.41) is 0. The maximum Gasteiger partial charge on any atom is 0.153 e. The van der Waals surface area contributed by atoms with Crippen LogP contribution in [0.15, 0.2) is 0 Å². The van der Waals surface area contributed by atoms with E-state index in [1.54, 1.807) is 0 Å². The largest absolute Gasteiger partial charge is 0.325 e.